The Morgan fingerprint density at radius 1 is 1.03 bits per heavy atom. The quantitative estimate of drug-likeness (QED) is 0.391. The van der Waals surface area contributed by atoms with Crippen LogP contribution in [0.25, 0.3) is 0 Å². The highest BCUT2D eigenvalue weighted by atomic mass is 19.1. The molecule has 2 saturated carbocycles. The molecule has 4 aliphatic rings. The van der Waals surface area contributed by atoms with E-state index in [1.165, 1.54) is 5.57 Å². The van der Waals surface area contributed by atoms with Crippen LogP contribution in [0.1, 0.15) is 113 Å². The van der Waals surface area contributed by atoms with Gasteiger partial charge in [-0.15, -0.1) is 0 Å². The van der Waals surface area contributed by atoms with Crippen molar-refractivity contribution in [3.05, 3.63) is 11.1 Å². The van der Waals surface area contributed by atoms with Gasteiger partial charge in [-0.2, -0.15) is 0 Å². The summed E-state index contributed by atoms with van der Waals surface area (Å²) in [7, 11) is 0. The topological polar surface area (TPSA) is 60.7 Å². The first-order chi connectivity index (χ1) is 15.5. The van der Waals surface area contributed by atoms with Crippen molar-refractivity contribution in [1.29, 1.82) is 0 Å². The summed E-state index contributed by atoms with van der Waals surface area (Å²) in [5.74, 6) is 0.961. The lowest BCUT2D eigenvalue weighted by Gasteiger charge is -2.62. The van der Waals surface area contributed by atoms with Crippen molar-refractivity contribution in [3.8, 4) is 0 Å². The van der Waals surface area contributed by atoms with Gasteiger partial charge in [-0.1, -0.05) is 52.7 Å². The molecular formula is C30H51FO3. The van der Waals surface area contributed by atoms with E-state index in [4.69, 9.17) is 0 Å². The molecule has 2 fully saturated rings. The van der Waals surface area contributed by atoms with Gasteiger partial charge >= 0.3 is 0 Å². The molecule has 0 heterocycles. The van der Waals surface area contributed by atoms with E-state index in [9.17, 15) is 15.3 Å². The van der Waals surface area contributed by atoms with Gasteiger partial charge in [0.1, 0.15) is 6.17 Å². The number of fused-ring (bicyclic) bond motifs is 4. The molecule has 2 unspecified atom stereocenters. The van der Waals surface area contributed by atoms with Crippen molar-refractivity contribution in [1.82, 2.24) is 0 Å². The second-order valence-corrected chi connectivity index (χ2v) is 14.6. The van der Waals surface area contributed by atoms with E-state index in [0.29, 0.717) is 31.1 Å². The fourth-order valence-corrected chi connectivity index (χ4v) is 9.68. The molecule has 0 amide bonds. The van der Waals surface area contributed by atoms with Crippen LogP contribution in [0.3, 0.4) is 0 Å². The van der Waals surface area contributed by atoms with Crippen LogP contribution in [0.5, 0.6) is 0 Å². The first-order valence-corrected chi connectivity index (χ1v) is 13.9. The second-order valence-electron chi connectivity index (χ2n) is 14.6. The smallest absolute Gasteiger partial charge is 0.127 e. The van der Waals surface area contributed by atoms with Gasteiger partial charge in [-0.25, -0.2) is 4.39 Å². The average Bonchev–Trinajstić information content (AvgIpc) is 3.00. The molecule has 4 rings (SSSR count). The van der Waals surface area contributed by atoms with Crippen molar-refractivity contribution >= 4 is 0 Å². The number of hydrogen-bond donors (Lipinski definition) is 3. The van der Waals surface area contributed by atoms with Gasteiger partial charge in [0, 0.05) is 0 Å². The van der Waals surface area contributed by atoms with Crippen molar-refractivity contribution in [3.63, 3.8) is 0 Å². The Bertz CT molecular complexity index is 827. The molecule has 0 spiro atoms. The van der Waals surface area contributed by atoms with E-state index in [1.807, 2.05) is 13.8 Å². The molecule has 4 heteroatoms. The Morgan fingerprint density at radius 2 is 1.68 bits per heavy atom. The molecule has 196 valence electrons. The lowest BCUT2D eigenvalue weighted by atomic mass is 9.43. The van der Waals surface area contributed by atoms with Crippen LogP contribution < -0.4 is 0 Å². The molecule has 0 aromatic heterocycles. The second kappa shape index (κ2) is 8.28. The Kier molecular flexibility index (Phi) is 6.48. The number of hydrogen-bond acceptors (Lipinski definition) is 3. The Balaban J connectivity index is 1.65. The number of rotatable bonds is 5. The lowest BCUT2D eigenvalue weighted by Crippen LogP contribution is -2.58. The van der Waals surface area contributed by atoms with Gasteiger partial charge in [0.2, 0.25) is 0 Å². The maximum absolute atomic E-state index is 15.2. The van der Waals surface area contributed by atoms with Crippen LogP contribution in [-0.2, 0) is 0 Å². The Labute approximate surface area is 207 Å². The molecule has 0 aliphatic heterocycles. The molecule has 0 bridgehead atoms. The zero-order valence-corrected chi connectivity index (χ0v) is 23.0. The summed E-state index contributed by atoms with van der Waals surface area (Å²) in [6, 6.07) is 0. The highest BCUT2D eigenvalue weighted by Crippen LogP contribution is 2.72. The highest BCUT2D eigenvalue weighted by molar-refractivity contribution is 5.39. The maximum atomic E-state index is 15.2. The van der Waals surface area contributed by atoms with E-state index >= 15 is 4.39 Å². The van der Waals surface area contributed by atoms with Crippen LogP contribution in [-0.4, -0.2) is 39.3 Å². The fourth-order valence-electron chi connectivity index (χ4n) is 9.68. The van der Waals surface area contributed by atoms with Gasteiger partial charge in [0.25, 0.3) is 0 Å². The number of allylic oxidation sites excluding steroid dienone is 2. The van der Waals surface area contributed by atoms with Gasteiger partial charge in [-0.05, 0) is 111 Å². The molecule has 4 aliphatic carbocycles. The lowest BCUT2D eigenvalue weighted by molar-refractivity contribution is -0.136. The standard InChI is InChI=1S/C30H51FO3/c1-18(23(32)13-14-26(2,3)34)19-11-15-30(8)21-9-10-24-27(4,5)25(33)22(31)17-28(24,6)20(21)12-16-29(19,30)7/h18-19,22-25,32-34H,9-17H2,1-8H3/t18-,19+,22+,23?,24?,25+,28+,29+,30-/m0/s1. The van der Waals surface area contributed by atoms with Crippen molar-refractivity contribution in [2.45, 2.75) is 137 Å². The molecule has 34 heavy (non-hydrogen) atoms. The first-order valence-electron chi connectivity index (χ1n) is 13.9. The summed E-state index contributed by atoms with van der Waals surface area (Å²) in [6.45, 7) is 17.2. The SMILES string of the molecule is C[C@H](C(O)CCC(C)(C)O)[C@H]1CC[C@@]2(C)C3=C(CC[C@]12C)[C@@]1(C)C[C@@H](F)[C@@H](O)C(C)(C)C1CC3. The molecule has 3 N–H and O–H groups in total. The zero-order chi connectivity index (χ0) is 25.5. The largest absolute Gasteiger partial charge is 0.393 e. The predicted molar refractivity (Wildman–Crippen MR) is 136 cm³/mol. The zero-order valence-electron chi connectivity index (χ0n) is 23.0. The number of halogens is 1. The number of aliphatic hydroxyl groups is 3. The highest BCUT2D eigenvalue weighted by Gasteiger charge is 2.64. The van der Waals surface area contributed by atoms with Gasteiger partial charge in [-0.3, -0.25) is 0 Å². The number of aliphatic hydroxyl groups excluding tert-OH is 2. The third kappa shape index (κ3) is 3.76. The van der Waals surface area contributed by atoms with Gasteiger partial charge in [0.05, 0.1) is 17.8 Å². The molecule has 3 nitrogen and oxygen atoms in total. The molecule has 9 atom stereocenters. The number of alkyl halides is 1. The van der Waals surface area contributed by atoms with Crippen LogP contribution in [0, 0.1) is 39.4 Å². The van der Waals surface area contributed by atoms with Crippen molar-refractivity contribution < 1.29 is 19.7 Å². The minimum atomic E-state index is -1.16. The van der Waals surface area contributed by atoms with E-state index in [1.54, 1.807) is 5.57 Å². The van der Waals surface area contributed by atoms with E-state index < -0.39 is 29.4 Å². The third-order valence-electron chi connectivity index (χ3n) is 12.0. The maximum Gasteiger partial charge on any atom is 0.127 e. The fraction of sp³-hybridized carbons (Fsp3) is 0.933. The molecule has 0 aromatic rings. The van der Waals surface area contributed by atoms with Crippen molar-refractivity contribution in [2.24, 2.45) is 39.4 Å². The summed E-state index contributed by atoms with van der Waals surface area (Å²) < 4.78 is 15.2. The van der Waals surface area contributed by atoms with E-state index in [0.717, 1.165) is 38.5 Å². The van der Waals surface area contributed by atoms with Crippen LogP contribution in [0.2, 0.25) is 0 Å². The summed E-state index contributed by atoms with van der Waals surface area (Å²) in [5, 5.41) is 31.9. The van der Waals surface area contributed by atoms with Gasteiger partial charge < -0.3 is 15.3 Å². The molecule has 0 saturated heterocycles. The Morgan fingerprint density at radius 3 is 2.29 bits per heavy atom. The van der Waals surface area contributed by atoms with E-state index in [2.05, 4.69) is 41.5 Å². The molecule has 0 radical (unpaired) electrons. The molecule has 0 aromatic carbocycles. The minimum absolute atomic E-state index is 0.0927. The van der Waals surface area contributed by atoms with Crippen LogP contribution in [0.4, 0.5) is 4.39 Å². The van der Waals surface area contributed by atoms with E-state index in [-0.39, 0.29) is 22.2 Å². The first kappa shape index (κ1) is 26.6. The van der Waals surface area contributed by atoms with Crippen LogP contribution >= 0.6 is 0 Å². The molecular weight excluding hydrogens is 427 g/mol. The Hall–Kier alpha value is -0.450. The van der Waals surface area contributed by atoms with Gasteiger partial charge in [0.15, 0.2) is 0 Å². The predicted octanol–water partition coefficient (Wildman–Crippen LogP) is 6.59. The third-order valence-corrected chi connectivity index (χ3v) is 12.0. The summed E-state index contributed by atoms with van der Waals surface area (Å²) in [4.78, 5) is 0. The summed E-state index contributed by atoms with van der Waals surface area (Å²) >= 11 is 0. The average molecular weight is 479 g/mol. The van der Waals surface area contributed by atoms with Crippen LogP contribution in [0.15, 0.2) is 11.1 Å². The summed E-state index contributed by atoms with van der Waals surface area (Å²) in [5.41, 5.74) is 2.00. The minimum Gasteiger partial charge on any atom is -0.393 e. The summed E-state index contributed by atoms with van der Waals surface area (Å²) in [6.07, 6.45) is 5.75. The normalized spacial score (nSPS) is 45.9. The monoisotopic (exact) mass is 478 g/mol. The van der Waals surface area contributed by atoms with Crippen molar-refractivity contribution in [2.75, 3.05) is 0 Å².